The molecule has 49 heavy (non-hydrogen) atoms. The number of alkyl halides is 3. The number of rotatable bonds is 5. The molecule has 1 fully saturated rings. The molecule has 2 aliphatic rings. The van der Waals surface area contributed by atoms with E-state index < -0.39 is 47.4 Å². The number of amides is 2. The van der Waals surface area contributed by atoms with Crippen LogP contribution in [0.3, 0.4) is 0 Å². The zero-order chi connectivity index (χ0) is 34.7. The third kappa shape index (κ3) is 5.65. The number of anilines is 1. The highest BCUT2D eigenvalue weighted by atomic mass is 35.5. The number of hydrogen-bond donors (Lipinski definition) is 2. The fourth-order valence-electron chi connectivity index (χ4n) is 6.43. The SMILES string of the molecule is C[C@H]1OC2(CCN(C(=O)c3ncccc3O)CC2)c2c1n(CC(=O)Nc1ccc(C(F)(F)F)cc1Cl)c1nc(-c3cccnc3)nn1c2=O. The Bertz CT molecular complexity index is 2180. The number of nitrogens with zero attached hydrogens (tertiary/aromatic N) is 7. The van der Waals surface area contributed by atoms with Gasteiger partial charge in [0.05, 0.1) is 33.6 Å². The third-order valence-electron chi connectivity index (χ3n) is 8.67. The molecule has 6 heterocycles. The second-order valence-corrected chi connectivity index (χ2v) is 12.1. The van der Waals surface area contributed by atoms with E-state index in [1.165, 1.54) is 34.0 Å². The Kier molecular flexibility index (Phi) is 7.86. The molecule has 0 unspecified atom stereocenters. The largest absolute Gasteiger partial charge is 0.505 e. The highest BCUT2D eigenvalue weighted by Gasteiger charge is 2.50. The second-order valence-electron chi connectivity index (χ2n) is 11.7. The van der Waals surface area contributed by atoms with Gasteiger partial charge in [-0.2, -0.15) is 22.7 Å². The zero-order valence-electron chi connectivity index (χ0n) is 25.6. The zero-order valence-corrected chi connectivity index (χ0v) is 26.4. The van der Waals surface area contributed by atoms with Crippen LogP contribution in [-0.2, 0) is 27.9 Å². The maximum Gasteiger partial charge on any atom is 0.416 e. The first kappa shape index (κ1) is 32.2. The Hall–Kier alpha value is -5.35. The summed E-state index contributed by atoms with van der Waals surface area (Å²) >= 11 is 6.10. The lowest BCUT2D eigenvalue weighted by atomic mass is 9.85. The van der Waals surface area contributed by atoms with Gasteiger partial charge < -0.3 is 24.6 Å². The van der Waals surface area contributed by atoms with Crippen LogP contribution in [0.5, 0.6) is 5.75 Å². The Balaban J connectivity index is 1.27. The first-order valence-corrected chi connectivity index (χ1v) is 15.5. The van der Waals surface area contributed by atoms with Crippen LogP contribution in [0.25, 0.3) is 17.2 Å². The predicted octanol–water partition coefficient (Wildman–Crippen LogP) is 4.59. The van der Waals surface area contributed by atoms with Gasteiger partial charge in [0, 0.05) is 37.2 Å². The standard InChI is InChI=1S/C32H26ClF3N8O5/c1-17-26-24(31(49-17)8-12-42(13-9-31)29(48)25-22(45)5-3-11-38-25)28(47)44-30(40-27(41-44)18-4-2-10-37-15-18)43(26)16-23(46)39-21-7-6-19(14-20(21)33)32(34,35)36/h2-7,10-11,14-15,17,45H,8-9,12-13,16H2,1H3,(H,39,46)/t17-/m1/s1. The number of benzene rings is 1. The van der Waals surface area contributed by atoms with Crippen molar-refractivity contribution >= 4 is 34.9 Å². The van der Waals surface area contributed by atoms with Crippen molar-refractivity contribution < 1.29 is 32.6 Å². The molecule has 1 atom stereocenters. The number of carbonyl (C=O) groups excluding carboxylic acids is 2. The smallest absolute Gasteiger partial charge is 0.416 e. The highest BCUT2D eigenvalue weighted by Crippen LogP contribution is 2.48. The summed E-state index contributed by atoms with van der Waals surface area (Å²) < 4.78 is 48.6. The normalized spacial score (nSPS) is 17.0. The van der Waals surface area contributed by atoms with Crippen molar-refractivity contribution in [3.05, 3.63) is 98.9 Å². The molecule has 7 rings (SSSR count). The molecule has 0 radical (unpaired) electrons. The van der Waals surface area contributed by atoms with Crippen LogP contribution in [0, 0.1) is 0 Å². The molecule has 1 saturated heterocycles. The molecule has 13 nitrogen and oxygen atoms in total. The van der Waals surface area contributed by atoms with Crippen molar-refractivity contribution in [2.75, 3.05) is 18.4 Å². The Labute approximate surface area is 280 Å². The number of pyridine rings is 2. The van der Waals surface area contributed by atoms with Crippen molar-refractivity contribution in [3.8, 4) is 17.1 Å². The molecule has 4 aromatic heterocycles. The van der Waals surface area contributed by atoms with Gasteiger partial charge in [0.15, 0.2) is 11.5 Å². The van der Waals surface area contributed by atoms with Gasteiger partial charge in [-0.1, -0.05) is 11.6 Å². The molecular weight excluding hydrogens is 669 g/mol. The molecule has 0 aliphatic carbocycles. The van der Waals surface area contributed by atoms with Gasteiger partial charge in [-0.15, -0.1) is 5.10 Å². The van der Waals surface area contributed by atoms with Crippen LogP contribution in [0.15, 0.2) is 65.8 Å². The first-order chi connectivity index (χ1) is 23.4. The highest BCUT2D eigenvalue weighted by molar-refractivity contribution is 6.33. The van der Waals surface area contributed by atoms with Crippen LogP contribution in [-0.4, -0.2) is 64.0 Å². The molecule has 2 N–H and O–H groups in total. The Morgan fingerprint density at radius 3 is 2.57 bits per heavy atom. The van der Waals surface area contributed by atoms with Crippen LogP contribution >= 0.6 is 11.6 Å². The molecule has 0 saturated carbocycles. The van der Waals surface area contributed by atoms with Crippen molar-refractivity contribution in [3.63, 3.8) is 0 Å². The van der Waals surface area contributed by atoms with E-state index in [1.54, 1.807) is 25.3 Å². The number of carbonyl (C=O) groups is 2. The van der Waals surface area contributed by atoms with Gasteiger partial charge in [-0.3, -0.25) is 19.4 Å². The summed E-state index contributed by atoms with van der Waals surface area (Å²) in [6.45, 7) is 1.64. The summed E-state index contributed by atoms with van der Waals surface area (Å²) in [4.78, 5) is 55.2. The van der Waals surface area contributed by atoms with Crippen LogP contribution in [0.1, 0.15) is 53.2 Å². The van der Waals surface area contributed by atoms with E-state index in [1.807, 2.05) is 0 Å². The number of piperidine rings is 1. The number of aromatic hydroxyl groups is 1. The minimum atomic E-state index is -4.62. The minimum Gasteiger partial charge on any atom is -0.505 e. The predicted molar refractivity (Wildman–Crippen MR) is 168 cm³/mol. The van der Waals surface area contributed by atoms with E-state index in [-0.39, 0.29) is 65.3 Å². The Morgan fingerprint density at radius 2 is 1.90 bits per heavy atom. The van der Waals surface area contributed by atoms with Crippen LogP contribution in [0.4, 0.5) is 18.9 Å². The van der Waals surface area contributed by atoms with E-state index >= 15 is 0 Å². The van der Waals surface area contributed by atoms with Crippen molar-refractivity contribution in [1.29, 1.82) is 0 Å². The summed E-state index contributed by atoms with van der Waals surface area (Å²) in [6, 6.07) is 8.86. The van der Waals surface area contributed by atoms with Gasteiger partial charge in [-0.25, -0.2) is 4.98 Å². The van der Waals surface area contributed by atoms with E-state index in [9.17, 15) is 32.7 Å². The summed E-state index contributed by atoms with van der Waals surface area (Å²) in [5.41, 5.74) is -1.62. The summed E-state index contributed by atoms with van der Waals surface area (Å²) in [5, 5.41) is 16.9. The molecule has 5 aromatic rings. The number of halogens is 4. The van der Waals surface area contributed by atoms with E-state index in [2.05, 4.69) is 25.4 Å². The molecular formula is C32H26ClF3N8O5. The van der Waals surface area contributed by atoms with Crippen molar-refractivity contribution in [1.82, 2.24) is 34.0 Å². The van der Waals surface area contributed by atoms with Gasteiger partial charge in [0.1, 0.15) is 17.9 Å². The van der Waals surface area contributed by atoms with E-state index in [4.69, 9.17) is 16.3 Å². The lowest BCUT2D eigenvalue weighted by Gasteiger charge is -2.39. The lowest BCUT2D eigenvalue weighted by Crippen LogP contribution is -2.47. The lowest BCUT2D eigenvalue weighted by molar-refractivity contribution is -0.137. The summed E-state index contributed by atoms with van der Waals surface area (Å²) in [5.74, 6) is -1.18. The quantitative estimate of drug-likeness (QED) is 0.269. The second kappa shape index (κ2) is 12.0. The number of likely N-dealkylation sites (tertiary alicyclic amines) is 1. The molecule has 2 amide bonds. The number of ether oxygens (including phenoxy) is 1. The molecule has 1 spiro atoms. The van der Waals surface area contributed by atoms with Crippen LogP contribution in [0.2, 0.25) is 5.02 Å². The average Bonchev–Trinajstić information content (AvgIpc) is 3.64. The average molecular weight is 695 g/mol. The monoisotopic (exact) mass is 694 g/mol. The third-order valence-corrected chi connectivity index (χ3v) is 8.98. The van der Waals surface area contributed by atoms with Gasteiger partial charge in [0.2, 0.25) is 11.7 Å². The maximum atomic E-state index is 14.3. The van der Waals surface area contributed by atoms with E-state index in [0.717, 1.165) is 22.7 Å². The summed E-state index contributed by atoms with van der Waals surface area (Å²) in [7, 11) is 0. The fraction of sp³-hybridized carbons (Fsp3) is 0.281. The molecule has 2 aliphatic heterocycles. The van der Waals surface area contributed by atoms with Gasteiger partial charge in [0.25, 0.3) is 11.5 Å². The number of hydrogen-bond acceptors (Lipinski definition) is 9. The minimum absolute atomic E-state index is 0.0296. The molecule has 17 heteroatoms. The van der Waals surface area contributed by atoms with Crippen molar-refractivity contribution in [2.24, 2.45) is 0 Å². The summed E-state index contributed by atoms with van der Waals surface area (Å²) in [6.07, 6.45) is -0.415. The molecule has 0 bridgehead atoms. The molecule has 1 aromatic carbocycles. The number of nitrogens with one attached hydrogen (secondary N) is 1. The molecule has 252 valence electrons. The van der Waals surface area contributed by atoms with Crippen LogP contribution < -0.4 is 10.9 Å². The topological polar surface area (TPSA) is 157 Å². The van der Waals surface area contributed by atoms with Gasteiger partial charge in [-0.05, 0) is 62.2 Å². The first-order valence-electron chi connectivity index (χ1n) is 15.1. The van der Waals surface area contributed by atoms with E-state index in [0.29, 0.717) is 11.3 Å². The van der Waals surface area contributed by atoms with Crippen molar-refractivity contribution in [2.45, 2.75) is 44.2 Å². The Morgan fingerprint density at radius 1 is 1.14 bits per heavy atom. The number of fused-ring (bicyclic) bond motifs is 3. The maximum absolute atomic E-state index is 14.3. The number of aromatic nitrogens is 6. The fourth-order valence-corrected chi connectivity index (χ4v) is 6.65. The van der Waals surface area contributed by atoms with Gasteiger partial charge >= 0.3 is 6.18 Å².